The van der Waals surface area contributed by atoms with Crippen molar-refractivity contribution < 1.29 is 9.53 Å². The maximum absolute atomic E-state index is 12.1. The number of amides is 1. The van der Waals surface area contributed by atoms with Crippen LogP contribution in [0.1, 0.15) is 21.5 Å². The number of hydrogen-bond acceptors (Lipinski definition) is 3. The van der Waals surface area contributed by atoms with Gasteiger partial charge in [0.05, 0.1) is 21.3 Å². The summed E-state index contributed by atoms with van der Waals surface area (Å²) in [6.07, 6.45) is 1.52. The molecule has 1 N–H and O–H groups in total. The molecule has 0 aromatic heterocycles. The van der Waals surface area contributed by atoms with Gasteiger partial charge in [-0.05, 0) is 64.0 Å². The van der Waals surface area contributed by atoms with Gasteiger partial charge in [-0.15, -0.1) is 0 Å². The summed E-state index contributed by atoms with van der Waals surface area (Å²) >= 11 is 21.5. The number of ether oxygens (including phenoxy) is 1. The van der Waals surface area contributed by atoms with Gasteiger partial charge >= 0.3 is 0 Å². The zero-order valence-electron chi connectivity index (χ0n) is 14.8. The lowest BCUT2D eigenvalue weighted by Gasteiger charge is -2.10. The number of nitrogens with zero attached hydrogens (tertiary/aromatic N) is 1. The van der Waals surface area contributed by atoms with Crippen molar-refractivity contribution in [2.45, 2.75) is 6.61 Å². The van der Waals surface area contributed by atoms with Crippen LogP contribution in [0.25, 0.3) is 0 Å². The van der Waals surface area contributed by atoms with Gasteiger partial charge in [0.1, 0.15) is 12.4 Å². The Hall–Kier alpha value is -2.05. The quantitative estimate of drug-likeness (QED) is 0.293. The summed E-state index contributed by atoms with van der Waals surface area (Å²) in [4.78, 5) is 12.1. The molecule has 0 unspecified atom stereocenters. The summed E-state index contributed by atoms with van der Waals surface area (Å²) in [6, 6.07) is 17.6. The van der Waals surface area contributed by atoms with Crippen molar-refractivity contribution in [3.8, 4) is 5.75 Å². The molecule has 1 amide bonds. The molecule has 0 heterocycles. The van der Waals surface area contributed by atoms with Gasteiger partial charge in [0.25, 0.3) is 5.91 Å². The standard InChI is InChI=1S/C21H14BrCl3N2O2/c22-17-9-13(5-8-20(17)29-12-14-3-1-2-4-18(14)24)11-26-27-21(28)16-7-6-15(23)10-19(16)25/h1-11H,12H2,(H,27,28)/b26-11-. The molecule has 0 saturated carbocycles. The summed E-state index contributed by atoms with van der Waals surface area (Å²) in [5, 5.41) is 5.33. The minimum atomic E-state index is -0.429. The number of hydrogen-bond donors (Lipinski definition) is 1. The van der Waals surface area contributed by atoms with E-state index in [-0.39, 0.29) is 10.6 Å². The second-order valence-electron chi connectivity index (χ2n) is 5.89. The van der Waals surface area contributed by atoms with E-state index in [9.17, 15) is 4.79 Å². The predicted octanol–water partition coefficient (Wildman–Crippen LogP) is 6.75. The molecule has 0 spiro atoms. The monoisotopic (exact) mass is 510 g/mol. The van der Waals surface area contributed by atoms with Crippen LogP contribution in [0.5, 0.6) is 5.75 Å². The Morgan fingerprint density at radius 2 is 1.83 bits per heavy atom. The minimum absolute atomic E-state index is 0.257. The number of carbonyl (C=O) groups excluding carboxylic acids is 1. The molecule has 3 rings (SSSR count). The van der Waals surface area contributed by atoms with Crippen LogP contribution in [0, 0.1) is 0 Å². The third kappa shape index (κ3) is 5.97. The molecule has 0 fully saturated rings. The first-order chi connectivity index (χ1) is 13.9. The van der Waals surface area contributed by atoms with Crippen molar-refractivity contribution in [2.24, 2.45) is 5.10 Å². The zero-order chi connectivity index (χ0) is 20.8. The SMILES string of the molecule is O=C(N/N=C\c1ccc(OCc2ccccc2Cl)c(Br)c1)c1ccc(Cl)cc1Cl. The van der Waals surface area contributed by atoms with E-state index >= 15 is 0 Å². The fourth-order valence-corrected chi connectivity index (χ4v) is 3.58. The molecule has 148 valence electrons. The van der Waals surface area contributed by atoms with Crippen LogP contribution in [-0.2, 0) is 6.61 Å². The van der Waals surface area contributed by atoms with Crippen molar-refractivity contribution in [1.82, 2.24) is 5.43 Å². The summed E-state index contributed by atoms with van der Waals surface area (Å²) in [7, 11) is 0. The molecule has 3 aromatic carbocycles. The lowest BCUT2D eigenvalue weighted by atomic mass is 10.2. The third-order valence-electron chi connectivity index (χ3n) is 3.85. The van der Waals surface area contributed by atoms with Crippen LogP contribution >= 0.6 is 50.7 Å². The van der Waals surface area contributed by atoms with Crippen molar-refractivity contribution in [3.05, 3.63) is 96.9 Å². The Balaban J connectivity index is 1.61. The number of hydrazone groups is 1. The van der Waals surface area contributed by atoms with Gasteiger partial charge < -0.3 is 4.74 Å². The summed E-state index contributed by atoms with van der Waals surface area (Å²) in [5.41, 5.74) is 4.39. The Morgan fingerprint density at radius 1 is 1.03 bits per heavy atom. The van der Waals surface area contributed by atoms with Crippen molar-refractivity contribution >= 4 is 62.9 Å². The number of halogens is 4. The molecule has 8 heteroatoms. The molecule has 29 heavy (non-hydrogen) atoms. The van der Waals surface area contributed by atoms with Gasteiger partial charge in [0, 0.05) is 15.6 Å². The van der Waals surface area contributed by atoms with Crippen molar-refractivity contribution in [1.29, 1.82) is 0 Å². The topological polar surface area (TPSA) is 50.7 Å². The van der Waals surface area contributed by atoms with E-state index in [0.717, 1.165) is 15.6 Å². The zero-order valence-corrected chi connectivity index (χ0v) is 18.7. The number of carbonyl (C=O) groups is 1. The first-order valence-corrected chi connectivity index (χ1v) is 10.3. The number of benzene rings is 3. The summed E-state index contributed by atoms with van der Waals surface area (Å²) in [6.45, 7) is 0.351. The average Bonchev–Trinajstić information content (AvgIpc) is 2.68. The van der Waals surface area contributed by atoms with Crippen LogP contribution in [0.15, 0.2) is 70.2 Å². The number of nitrogens with one attached hydrogen (secondary N) is 1. The minimum Gasteiger partial charge on any atom is -0.488 e. The molecule has 0 saturated heterocycles. The molecule has 0 aliphatic heterocycles. The Bertz CT molecular complexity index is 1070. The Kier molecular flexibility index (Phi) is 7.56. The fourth-order valence-electron chi connectivity index (χ4n) is 2.38. The van der Waals surface area contributed by atoms with Crippen LogP contribution < -0.4 is 10.2 Å². The maximum atomic E-state index is 12.1. The van der Waals surface area contributed by atoms with Crippen LogP contribution in [0.2, 0.25) is 15.1 Å². The second kappa shape index (κ2) is 10.1. The van der Waals surface area contributed by atoms with E-state index in [0.29, 0.717) is 22.4 Å². The predicted molar refractivity (Wildman–Crippen MR) is 121 cm³/mol. The molecule has 0 bridgehead atoms. The van der Waals surface area contributed by atoms with Crippen LogP contribution in [0.3, 0.4) is 0 Å². The van der Waals surface area contributed by atoms with Crippen LogP contribution in [-0.4, -0.2) is 12.1 Å². The molecular formula is C21H14BrCl3N2O2. The molecular weight excluding hydrogens is 499 g/mol. The van der Waals surface area contributed by atoms with E-state index in [1.807, 2.05) is 36.4 Å². The van der Waals surface area contributed by atoms with Gasteiger partial charge in [0.15, 0.2) is 0 Å². The van der Waals surface area contributed by atoms with Crippen LogP contribution in [0.4, 0.5) is 0 Å². The highest BCUT2D eigenvalue weighted by Gasteiger charge is 2.10. The van der Waals surface area contributed by atoms with Crippen molar-refractivity contribution in [2.75, 3.05) is 0 Å². The lowest BCUT2D eigenvalue weighted by molar-refractivity contribution is 0.0955. The Labute approximate surface area is 191 Å². The lowest BCUT2D eigenvalue weighted by Crippen LogP contribution is -2.18. The highest BCUT2D eigenvalue weighted by Crippen LogP contribution is 2.27. The fraction of sp³-hybridized carbons (Fsp3) is 0.0476. The van der Waals surface area contributed by atoms with E-state index < -0.39 is 5.91 Å². The van der Waals surface area contributed by atoms with Crippen molar-refractivity contribution in [3.63, 3.8) is 0 Å². The van der Waals surface area contributed by atoms with E-state index in [1.165, 1.54) is 18.3 Å². The third-order valence-corrected chi connectivity index (χ3v) is 5.39. The largest absolute Gasteiger partial charge is 0.488 e. The van der Waals surface area contributed by atoms with E-state index in [1.54, 1.807) is 12.1 Å². The molecule has 0 radical (unpaired) electrons. The van der Waals surface area contributed by atoms with Gasteiger partial charge in [0.2, 0.25) is 0 Å². The van der Waals surface area contributed by atoms with Gasteiger partial charge in [-0.1, -0.05) is 53.0 Å². The smallest absolute Gasteiger partial charge is 0.272 e. The van der Waals surface area contributed by atoms with Gasteiger partial charge in [-0.3, -0.25) is 4.79 Å². The first-order valence-electron chi connectivity index (χ1n) is 8.38. The van der Waals surface area contributed by atoms with Gasteiger partial charge in [-0.25, -0.2) is 5.43 Å². The molecule has 0 aliphatic carbocycles. The molecule has 4 nitrogen and oxygen atoms in total. The molecule has 3 aromatic rings. The Morgan fingerprint density at radius 3 is 2.55 bits per heavy atom. The summed E-state index contributed by atoms with van der Waals surface area (Å²) in [5.74, 6) is 0.237. The highest BCUT2D eigenvalue weighted by molar-refractivity contribution is 9.10. The highest BCUT2D eigenvalue weighted by atomic mass is 79.9. The number of rotatable bonds is 6. The van der Waals surface area contributed by atoms with E-state index in [2.05, 4.69) is 26.5 Å². The molecule has 0 atom stereocenters. The normalized spacial score (nSPS) is 10.9. The van der Waals surface area contributed by atoms with Gasteiger partial charge in [-0.2, -0.15) is 5.10 Å². The van der Waals surface area contributed by atoms with E-state index in [4.69, 9.17) is 39.5 Å². The maximum Gasteiger partial charge on any atom is 0.272 e. The molecule has 0 aliphatic rings. The summed E-state index contributed by atoms with van der Waals surface area (Å²) < 4.78 is 6.56. The second-order valence-corrected chi connectivity index (χ2v) is 8.00. The average molecular weight is 513 g/mol. The first kappa shape index (κ1) is 21.7.